The number of nitrogens with zero attached hydrogens (tertiary/aromatic N) is 4. The number of halogens is 2. The van der Waals surface area contributed by atoms with E-state index in [1.54, 1.807) is 0 Å². The fourth-order valence-corrected chi connectivity index (χ4v) is 4.47. The number of hydrogen-bond donors (Lipinski definition) is 1. The van der Waals surface area contributed by atoms with E-state index in [9.17, 15) is 9.59 Å². The van der Waals surface area contributed by atoms with Crippen molar-refractivity contribution in [2.24, 2.45) is 0 Å². The van der Waals surface area contributed by atoms with Crippen LogP contribution in [0.3, 0.4) is 0 Å². The van der Waals surface area contributed by atoms with Crippen LogP contribution in [-0.4, -0.2) is 109 Å². The highest BCUT2D eigenvalue weighted by atomic mass is 35.5. The molecule has 0 radical (unpaired) electrons. The van der Waals surface area contributed by atoms with Crippen molar-refractivity contribution in [3.8, 4) is 0 Å². The molecule has 0 amide bonds. The van der Waals surface area contributed by atoms with Crippen LogP contribution < -0.4 is 0 Å². The van der Waals surface area contributed by atoms with E-state index in [4.69, 9.17) is 9.84 Å². The second-order valence-corrected chi connectivity index (χ2v) is 9.27. The number of carboxylic acid groups (broad SMARTS) is 1. The Kier molecular flexibility index (Phi) is 16.9. The second kappa shape index (κ2) is 19.0. The van der Waals surface area contributed by atoms with Gasteiger partial charge in [0.25, 0.3) is 0 Å². The molecule has 2 aliphatic heterocycles. The van der Waals surface area contributed by atoms with E-state index in [0.29, 0.717) is 13.2 Å². The SMILES string of the molecule is CCOC(=O)CN1CCN(Cc2ccccc2)CC1.Cl.Cl.O=C(O)CN1CCN(Cc2ccccc2)CC1. The largest absolute Gasteiger partial charge is 0.480 e. The summed E-state index contributed by atoms with van der Waals surface area (Å²) in [6, 6.07) is 20.9. The standard InChI is InChI=1S/C15H22N2O2.C13H18N2O2.2ClH/c1-2-19-15(18)13-17-10-8-16(9-11-17)12-14-6-4-3-5-7-14;16-13(17)11-15-8-6-14(7-9-15)10-12-4-2-1-3-5-12;;/h3-7H,2,8-13H2,1H3;1-5H,6-11H2,(H,16,17);2*1H. The van der Waals surface area contributed by atoms with Crippen molar-refractivity contribution in [2.45, 2.75) is 20.0 Å². The lowest BCUT2D eigenvalue weighted by Gasteiger charge is -2.34. The highest BCUT2D eigenvalue weighted by molar-refractivity contribution is 5.85. The van der Waals surface area contributed by atoms with Crippen molar-refractivity contribution in [3.05, 3.63) is 71.8 Å². The van der Waals surface area contributed by atoms with Gasteiger partial charge in [0.15, 0.2) is 0 Å². The first kappa shape index (κ1) is 33.8. The van der Waals surface area contributed by atoms with Gasteiger partial charge in [-0.2, -0.15) is 0 Å². The van der Waals surface area contributed by atoms with Crippen LogP contribution in [0.2, 0.25) is 0 Å². The minimum absolute atomic E-state index is 0. The number of carboxylic acids is 1. The normalized spacial score (nSPS) is 16.8. The molecule has 2 saturated heterocycles. The van der Waals surface area contributed by atoms with E-state index in [1.807, 2.05) is 24.0 Å². The van der Waals surface area contributed by atoms with Gasteiger partial charge in [0.05, 0.1) is 19.7 Å². The Morgan fingerprint density at radius 3 is 1.39 bits per heavy atom. The quantitative estimate of drug-likeness (QED) is 0.462. The maximum Gasteiger partial charge on any atom is 0.320 e. The minimum Gasteiger partial charge on any atom is -0.480 e. The number of esters is 1. The lowest BCUT2D eigenvalue weighted by atomic mass is 10.2. The van der Waals surface area contributed by atoms with E-state index in [2.05, 4.69) is 63.2 Å². The number of carbonyl (C=O) groups is 2. The van der Waals surface area contributed by atoms with Crippen LogP contribution in [0.4, 0.5) is 0 Å². The summed E-state index contributed by atoms with van der Waals surface area (Å²) in [7, 11) is 0. The van der Waals surface area contributed by atoms with Crippen molar-refractivity contribution in [1.82, 2.24) is 19.6 Å². The average molecular weight is 570 g/mol. The van der Waals surface area contributed by atoms with Gasteiger partial charge in [0.2, 0.25) is 0 Å². The van der Waals surface area contributed by atoms with E-state index < -0.39 is 5.97 Å². The van der Waals surface area contributed by atoms with Crippen LogP contribution in [0.5, 0.6) is 0 Å². The number of hydrogen-bond acceptors (Lipinski definition) is 7. The molecule has 2 aromatic rings. The number of ether oxygens (including phenoxy) is 1. The molecule has 38 heavy (non-hydrogen) atoms. The minimum atomic E-state index is -0.735. The van der Waals surface area contributed by atoms with Crippen LogP contribution in [0, 0.1) is 0 Å². The van der Waals surface area contributed by atoms with Crippen molar-refractivity contribution in [1.29, 1.82) is 0 Å². The molecule has 0 atom stereocenters. The monoisotopic (exact) mass is 568 g/mol. The lowest BCUT2D eigenvalue weighted by Crippen LogP contribution is -2.47. The van der Waals surface area contributed by atoms with Gasteiger partial charge in [-0.25, -0.2) is 0 Å². The zero-order valence-corrected chi connectivity index (χ0v) is 23.9. The highest BCUT2D eigenvalue weighted by Gasteiger charge is 2.20. The van der Waals surface area contributed by atoms with Crippen molar-refractivity contribution >= 4 is 36.8 Å². The number of aliphatic carboxylic acids is 1. The molecule has 0 unspecified atom stereocenters. The summed E-state index contributed by atoms with van der Waals surface area (Å²) in [6.45, 7) is 12.3. The van der Waals surface area contributed by atoms with Crippen LogP contribution in [-0.2, 0) is 27.4 Å². The van der Waals surface area contributed by atoms with Crippen LogP contribution in [0.25, 0.3) is 0 Å². The molecule has 8 nitrogen and oxygen atoms in total. The molecule has 0 aromatic heterocycles. The topological polar surface area (TPSA) is 76.6 Å². The third-order valence-electron chi connectivity index (χ3n) is 6.44. The summed E-state index contributed by atoms with van der Waals surface area (Å²) < 4.78 is 4.97. The van der Waals surface area contributed by atoms with Crippen molar-refractivity contribution in [3.63, 3.8) is 0 Å². The fraction of sp³-hybridized carbons (Fsp3) is 0.500. The summed E-state index contributed by atoms with van der Waals surface area (Å²) in [5.74, 6) is -0.847. The first-order chi connectivity index (χ1) is 17.5. The smallest absolute Gasteiger partial charge is 0.320 e. The van der Waals surface area contributed by atoms with Gasteiger partial charge in [-0.1, -0.05) is 60.7 Å². The molecule has 0 bridgehead atoms. The maximum atomic E-state index is 11.4. The van der Waals surface area contributed by atoms with Crippen LogP contribution in [0.15, 0.2) is 60.7 Å². The summed E-state index contributed by atoms with van der Waals surface area (Å²) in [5.41, 5.74) is 2.67. The Balaban J connectivity index is 0.000000363. The Hall–Kier alpha value is -2.20. The summed E-state index contributed by atoms with van der Waals surface area (Å²) in [4.78, 5) is 30.9. The van der Waals surface area contributed by atoms with Gasteiger partial charge in [-0.15, -0.1) is 24.8 Å². The number of benzene rings is 2. The van der Waals surface area contributed by atoms with E-state index in [0.717, 1.165) is 65.4 Å². The van der Waals surface area contributed by atoms with Gasteiger partial charge >= 0.3 is 11.9 Å². The molecule has 2 aromatic carbocycles. The van der Waals surface area contributed by atoms with E-state index in [-0.39, 0.29) is 37.3 Å². The molecule has 1 N–H and O–H groups in total. The highest BCUT2D eigenvalue weighted by Crippen LogP contribution is 2.09. The van der Waals surface area contributed by atoms with Gasteiger partial charge in [0, 0.05) is 65.4 Å². The molecule has 0 aliphatic carbocycles. The van der Waals surface area contributed by atoms with Crippen LogP contribution >= 0.6 is 24.8 Å². The number of piperazine rings is 2. The molecule has 212 valence electrons. The Morgan fingerprint density at radius 1 is 0.658 bits per heavy atom. The average Bonchev–Trinajstić information content (AvgIpc) is 2.88. The summed E-state index contributed by atoms with van der Waals surface area (Å²) in [6.07, 6.45) is 0. The van der Waals surface area contributed by atoms with Gasteiger partial charge in [-0.3, -0.25) is 29.2 Å². The predicted molar refractivity (Wildman–Crippen MR) is 155 cm³/mol. The molecule has 0 saturated carbocycles. The molecule has 2 heterocycles. The molecule has 0 spiro atoms. The first-order valence-corrected chi connectivity index (χ1v) is 12.9. The van der Waals surface area contributed by atoms with Crippen molar-refractivity contribution < 1.29 is 19.4 Å². The third-order valence-corrected chi connectivity index (χ3v) is 6.44. The maximum absolute atomic E-state index is 11.4. The predicted octanol–water partition coefficient (Wildman–Crippen LogP) is 3.10. The molecule has 2 aliphatic rings. The van der Waals surface area contributed by atoms with Crippen molar-refractivity contribution in [2.75, 3.05) is 72.1 Å². The first-order valence-electron chi connectivity index (χ1n) is 12.9. The number of rotatable bonds is 9. The fourth-order valence-electron chi connectivity index (χ4n) is 4.47. The Morgan fingerprint density at radius 2 is 1.03 bits per heavy atom. The van der Waals surface area contributed by atoms with E-state index in [1.165, 1.54) is 11.1 Å². The Labute approximate surface area is 239 Å². The summed E-state index contributed by atoms with van der Waals surface area (Å²) in [5, 5.41) is 8.71. The zero-order valence-electron chi connectivity index (χ0n) is 22.2. The van der Waals surface area contributed by atoms with Gasteiger partial charge < -0.3 is 9.84 Å². The van der Waals surface area contributed by atoms with Gasteiger partial charge in [-0.05, 0) is 18.1 Å². The van der Waals surface area contributed by atoms with Crippen LogP contribution in [0.1, 0.15) is 18.1 Å². The third kappa shape index (κ3) is 13.0. The summed E-state index contributed by atoms with van der Waals surface area (Å²) >= 11 is 0. The Bertz CT molecular complexity index is 908. The number of carbonyl (C=O) groups excluding carboxylic acids is 1. The second-order valence-electron chi connectivity index (χ2n) is 9.27. The molecule has 2 fully saturated rings. The molecular formula is C28H42Cl2N4O4. The molecule has 10 heteroatoms. The van der Waals surface area contributed by atoms with E-state index >= 15 is 0 Å². The lowest BCUT2D eigenvalue weighted by molar-refractivity contribution is -0.145. The zero-order chi connectivity index (χ0) is 25.6. The van der Waals surface area contributed by atoms with Gasteiger partial charge in [0.1, 0.15) is 0 Å². The molecular weight excluding hydrogens is 527 g/mol. The molecule has 4 rings (SSSR count).